The van der Waals surface area contributed by atoms with E-state index in [0.29, 0.717) is 31.6 Å². The highest BCUT2D eigenvalue weighted by molar-refractivity contribution is 5.96. The molecule has 0 aromatic heterocycles. The van der Waals surface area contributed by atoms with Gasteiger partial charge < -0.3 is 18.9 Å². The first-order chi connectivity index (χ1) is 13.2. The van der Waals surface area contributed by atoms with Crippen molar-refractivity contribution in [3.63, 3.8) is 0 Å². The Bertz CT molecular complexity index is 669. The number of hydrogen-bond donors (Lipinski definition) is 0. The van der Waals surface area contributed by atoms with Gasteiger partial charge in [0.1, 0.15) is 24.7 Å². The van der Waals surface area contributed by atoms with Crippen molar-refractivity contribution >= 4 is 11.8 Å². The van der Waals surface area contributed by atoms with Crippen molar-refractivity contribution < 1.29 is 28.5 Å². The molecule has 0 spiro atoms. The molecule has 3 atom stereocenters. The summed E-state index contributed by atoms with van der Waals surface area (Å²) >= 11 is 0. The Hall–Kier alpha value is -2.34. The third-order valence-electron chi connectivity index (χ3n) is 4.84. The number of fused-ring (bicyclic) bond motifs is 1. The van der Waals surface area contributed by atoms with Crippen LogP contribution in [0, 0.1) is 5.92 Å². The van der Waals surface area contributed by atoms with E-state index in [1.807, 2.05) is 25.1 Å². The maximum atomic E-state index is 12.7. The standard InChI is InChI=1S/C21H26O6/c1-2-3-11-24-20(22)14-25-16-9-10-17-18(12-16)26-13-19(21(17)23)27-15-7-5-4-6-8-15/h4-8,13,16-18H,2-3,9-12,14H2,1H3. The van der Waals surface area contributed by atoms with Gasteiger partial charge in [-0.2, -0.15) is 0 Å². The quantitative estimate of drug-likeness (QED) is 0.513. The fourth-order valence-electron chi connectivity index (χ4n) is 3.33. The zero-order chi connectivity index (χ0) is 19.1. The Morgan fingerprint density at radius 2 is 2.04 bits per heavy atom. The number of unbranched alkanes of at least 4 members (excludes halogenated alkanes) is 1. The van der Waals surface area contributed by atoms with Crippen LogP contribution >= 0.6 is 0 Å². The summed E-state index contributed by atoms with van der Waals surface area (Å²) in [7, 11) is 0. The maximum absolute atomic E-state index is 12.7. The van der Waals surface area contributed by atoms with Crippen LogP contribution in [0.15, 0.2) is 42.4 Å². The zero-order valence-corrected chi connectivity index (χ0v) is 15.6. The molecule has 0 saturated heterocycles. The molecule has 6 heteroatoms. The molecule has 1 saturated carbocycles. The molecule has 3 unspecified atom stereocenters. The van der Waals surface area contributed by atoms with Crippen LogP contribution in [0.3, 0.4) is 0 Å². The number of ether oxygens (including phenoxy) is 4. The molecule has 3 rings (SSSR count). The first-order valence-corrected chi connectivity index (χ1v) is 9.57. The lowest BCUT2D eigenvalue weighted by Crippen LogP contribution is -2.42. The minimum Gasteiger partial charge on any atom is -0.493 e. The van der Waals surface area contributed by atoms with Crippen LogP contribution in [0.25, 0.3) is 0 Å². The molecule has 0 amide bonds. The van der Waals surface area contributed by atoms with Gasteiger partial charge in [0.25, 0.3) is 0 Å². The molecular formula is C21H26O6. The van der Waals surface area contributed by atoms with E-state index in [1.54, 1.807) is 12.1 Å². The molecule has 1 aromatic carbocycles. The van der Waals surface area contributed by atoms with Gasteiger partial charge in [0.05, 0.1) is 18.6 Å². The van der Waals surface area contributed by atoms with Crippen molar-refractivity contribution in [3.05, 3.63) is 42.4 Å². The number of Topliss-reactive ketones (excluding diaryl/α,β-unsaturated/α-hetero) is 1. The van der Waals surface area contributed by atoms with Crippen molar-refractivity contribution in [3.8, 4) is 5.75 Å². The van der Waals surface area contributed by atoms with Crippen molar-refractivity contribution in [2.75, 3.05) is 13.2 Å². The number of esters is 1. The van der Waals surface area contributed by atoms with Crippen LogP contribution in [0.1, 0.15) is 39.0 Å². The largest absolute Gasteiger partial charge is 0.493 e. The smallest absolute Gasteiger partial charge is 0.332 e. The van der Waals surface area contributed by atoms with Crippen LogP contribution in [0.5, 0.6) is 5.75 Å². The van der Waals surface area contributed by atoms with Gasteiger partial charge in [-0.1, -0.05) is 31.5 Å². The summed E-state index contributed by atoms with van der Waals surface area (Å²) in [5, 5.41) is 0. The van der Waals surface area contributed by atoms with Crippen LogP contribution < -0.4 is 4.74 Å². The summed E-state index contributed by atoms with van der Waals surface area (Å²) in [6.45, 7) is 2.41. The van der Waals surface area contributed by atoms with E-state index in [1.165, 1.54) is 6.26 Å². The van der Waals surface area contributed by atoms with Crippen molar-refractivity contribution in [2.24, 2.45) is 5.92 Å². The van der Waals surface area contributed by atoms with Crippen molar-refractivity contribution in [2.45, 2.75) is 51.2 Å². The molecule has 27 heavy (non-hydrogen) atoms. The van der Waals surface area contributed by atoms with E-state index in [0.717, 1.165) is 12.8 Å². The summed E-state index contributed by atoms with van der Waals surface area (Å²) in [5.41, 5.74) is 0. The number of rotatable bonds is 8. The monoisotopic (exact) mass is 374 g/mol. The Kier molecular flexibility index (Phi) is 6.87. The van der Waals surface area contributed by atoms with Crippen LogP contribution in [-0.2, 0) is 23.8 Å². The fraction of sp³-hybridized carbons (Fsp3) is 0.524. The Balaban J connectivity index is 1.48. The van der Waals surface area contributed by atoms with E-state index in [4.69, 9.17) is 18.9 Å². The Morgan fingerprint density at radius 1 is 1.22 bits per heavy atom. The molecule has 1 aliphatic carbocycles. The lowest BCUT2D eigenvalue weighted by Gasteiger charge is -2.36. The SMILES string of the molecule is CCCCOC(=O)COC1CCC2C(=O)C(Oc3ccccc3)=COC2C1. The summed E-state index contributed by atoms with van der Waals surface area (Å²) in [6, 6.07) is 9.18. The lowest BCUT2D eigenvalue weighted by molar-refractivity contribution is -0.154. The van der Waals surface area contributed by atoms with E-state index in [-0.39, 0.29) is 42.2 Å². The van der Waals surface area contributed by atoms with Crippen LogP contribution in [0.4, 0.5) is 0 Å². The first-order valence-electron chi connectivity index (χ1n) is 9.57. The molecule has 0 radical (unpaired) electrons. The van der Waals surface area contributed by atoms with Gasteiger partial charge >= 0.3 is 5.97 Å². The van der Waals surface area contributed by atoms with Gasteiger partial charge in [-0.15, -0.1) is 0 Å². The highest BCUT2D eigenvalue weighted by Gasteiger charge is 2.41. The van der Waals surface area contributed by atoms with Gasteiger partial charge in [0.2, 0.25) is 11.5 Å². The summed E-state index contributed by atoms with van der Waals surface area (Å²) in [5.74, 6) is 0.237. The first kappa shape index (κ1) is 19.4. The average Bonchev–Trinajstić information content (AvgIpc) is 2.69. The van der Waals surface area contributed by atoms with E-state index in [2.05, 4.69) is 0 Å². The molecule has 1 aliphatic heterocycles. The molecule has 6 nitrogen and oxygen atoms in total. The Labute approximate surface area is 159 Å². The number of para-hydroxylation sites is 1. The topological polar surface area (TPSA) is 71.1 Å². The van der Waals surface area contributed by atoms with Gasteiger partial charge in [-0.25, -0.2) is 4.79 Å². The third-order valence-corrected chi connectivity index (χ3v) is 4.84. The van der Waals surface area contributed by atoms with Crippen LogP contribution in [-0.4, -0.2) is 37.2 Å². The van der Waals surface area contributed by atoms with Gasteiger partial charge in [-0.05, 0) is 31.4 Å². The number of carbonyl (C=O) groups is 2. The number of benzene rings is 1. The second-order valence-corrected chi connectivity index (χ2v) is 6.86. The second kappa shape index (κ2) is 9.55. The fourth-order valence-corrected chi connectivity index (χ4v) is 3.33. The number of hydrogen-bond acceptors (Lipinski definition) is 6. The predicted octanol–water partition coefficient (Wildman–Crippen LogP) is 3.40. The van der Waals surface area contributed by atoms with Crippen LogP contribution in [0.2, 0.25) is 0 Å². The van der Waals surface area contributed by atoms with E-state index < -0.39 is 0 Å². The molecule has 1 fully saturated rings. The van der Waals surface area contributed by atoms with Gasteiger partial charge in [0.15, 0.2) is 0 Å². The summed E-state index contributed by atoms with van der Waals surface area (Å²) in [4.78, 5) is 24.3. The van der Waals surface area contributed by atoms with Gasteiger partial charge in [-0.3, -0.25) is 4.79 Å². The van der Waals surface area contributed by atoms with E-state index in [9.17, 15) is 9.59 Å². The molecule has 1 aromatic rings. The maximum Gasteiger partial charge on any atom is 0.332 e. The molecule has 2 aliphatic rings. The minimum atomic E-state index is -0.343. The zero-order valence-electron chi connectivity index (χ0n) is 15.6. The molecule has 0 bridgehead atoms. The number of ketones is 1. The molecule has 1 heterocycles. The minimum absolute atomic E-state index is 0.0347. The highest BCUT2D eigenvalue weighted by Crippen LogP contribution is 2.35. The predicted molar refractivity (Wildman–Crippen MR) is 98.0 cm³/mol. The van der Waals surface area contributed by atoms with Gasteiger partial charge in [0, 0.05) is 6.42 Å². The summed E-state index contributed by atoms with van der Waals surface area (Å²) in [6.07, 6.45) is 4.82. The van der Waals surface area contributed by atoms with Crippen molar-refractivity contribution in [1.82, 2.24) is 0 Å². The van der Waals surface area contributed by atoms with E-state index >= 15 is 0 Å². The molecule has 0 N–H and O–H groups in total. The average molecular weight is 374 g/mol. The third kappa shape index (κ3) is 5.32. The lowest BCUT2D eigenvalue weighted by atomic mass is 9.80. The molecule has 146 valence electrons. The highest BCUT2D eigenvalue weighted by atomic mass is 16.6. The normalized spacial score (nSPS) is 24.4. The second-order valence-electron chi connectivity index (χ2n) is 6.86. The number of carbonyl (C=O) groups excluding carboxylic acids is 2. The number of allylic oxidation sites excluding steroid dienone is 1. The Morgan fingerprint density at radius 3 is 2.81 bits per heavy atom. The molecular weight excluding hydrogens is 348 g/mol. The van der Waals surface area contributed by atoms with Crippen molar-refractivity contribution in [1.29, 1.82) is 0 Å². The summed E-state index contributed by atoms with van der Waals surface area (Å²) < 4.78 is 22.2.